The number of nitrogens with one attached hydrogen (secondary N) is 1. The van der Waals surface area contributed by atoms with Crippen molar-refractivity contribution in [2.75, 3.05) is 6.61 Å². The van der Waals surface area contributed by atoms with E-state index in [1.165, 1.54) is 22.7 Å². The Morgan fingerprint density at radius 2 is 1.96 bits per heavy atom. The third-order valence-electron chi connectivity index (χ3n) is 3.45. The fourth-order valence-corrected chi connectivity index (χ4v) is 3.86. The molecule has 2 aromatic heterocycles. The molecule has 0 aliphatic heterocycles. The molecule has 0 spiro atoms. The molecule has 3 rings (SSSR count). The van der Waals surface area contributed by atoms with Crippen molar-refractivity contribution in [1.29, 1.82) is 0 Å². The molecule has 1 amide bonds. The average molecular weight is 371 g/mol. The molecule has 0 saturated carbocycles. The Labute approximate surface area is 154 Å². The number of rotatable bonds is 7. The Morgan fingerprint density at radius 3 is 2.72 bits per heavy atom. The van der Waals surface area contributed by atoms with E-state index in [4.69, 9.17) is 4.74 Å². The Bertz CT molecular complexity index is 868. The predicted molar refractivity (Wildman–Crippen MR) is 101 cm³/mol. The third kappa shape index (κ3) is 4.78. The fraction of sp³-hybridized carbons (Fsp3) is 0.158. The number of aryl methyl sites for hydroxylation is 1. The topological polar surface area (TPSA) is 55.4 Å². The van der Waals surface area contributed by atoms with Crippen molar-refractivity contribution in [2.24, 2.45) is 0 Å². The highest BCUT2D eigenvalue weighted by Gasteiger charge is 2.13. The SMILES string of the molecule is Cc1cccc(OCC(=O)NCc2ccc(C(=O)c3cccs3)s2)c1. The van der Waals surface area contributed by atoms with Gasteiger partial charge in [-0.15, -0.1) is 22.7 Å². The predicted octanol–water partition coefficient (Wildman–Crippen LogP) is 4.04. The molecule has 128 valence electrons. The van der Waals surface area contributed by atoms with Crippen LogP contribution in [-0.2, 0) is 11.3 Å². The number of benzene rings is 1. The van der Waals surface area contributed by atoms with Gasteiger partial charge in [-0.1, -0.05) is 18.2 Å². The molecule has 1 aromatic carbocycles. The van der Waals surface area contributed by atoms with E-state index in [0.29, 0.717) is 17.2 Å². The number of hydrogen-bond acceptors (Lipinski definition) is 5. The highest BCUT2D eigenvalue weighted by Crippen LogP contribution is 2.22. The molecule has 0 saturated heterocycles. The first-order chi connectivity index (χ1) is 12.1. The summed E-state index contributed by atoms with van der Waals surface area (Å²) in [6.45, 7) is 2.33. The van der Waals surface area contributed by atoms with Gasteiger partial charge in [-0.3, -0.25) is 9.59 Å². The number of amides is 1. The smallest absolute Gasteiger partial charge is 0.258 e. The molecule has 25 heavy (non-hydrogen) atoms. The summed E-state index contributed by atoms with van der Waals surface area (Å²) in [5, 5.41) is 4.69. The highest BCUT2D eigenvalue weighted by molar-refractivity contribution is 7.16. The van der Waals surface area contributed by atoms with E-state index in [1.807, 2.05) is 54.8 Å². The Hall–Kier alpha value is -2.44. The van der Waals surface area contributed by atoms with Gasteiger partial charge in [0.15, 0.2) is 6.61 Å². The van der Waals surface area contributed by atoms with Gasteiger partial charge >= 0.3 is 0 Å². The van der Waals surface area contributed by atoms with Crippen LogP contribution in [0.5, 0.6) is 5.75 Å². The number of ether oxygens (including phenoxy) is 1. The summed E-state index contributed by atoms with van der Waals surface area (Å²) in [7, 11) is 0. The van der Waals surface area contributed by atoms with E-state index in [-0.39, 0.29) is 18.3 Å². The zero-order valence-corrected chi connectivity index (χ0v) is 15.3. The van der Waals surface area contributed by atoms with Crippen LogP contribution in [0.1, 0.15) is 25.0 Å². The molecule has 1 N–H and O–H groups in total. The minimum absolute atomic E-state index is 0.0281. The third-order valence-corrected chi connectivity index (χ3v) is 5.40. The second kappa shape index (κ2) is 8.09. The van der Waals surface area contributed by atoms with E-state index in [1.54, 1.807) is 6.07 Å². The zero-order chi connectivity index (χ0) is 17.6. The fourth-order valence-electron chi connectivity index (χ4n) is 2.21. The Balaban J connectivity index is 1.48. The summed E-state index contributed by atoms with van der Waals surface area (Å²) in [5.41, 5.74) is 1.08. The lowest BCUT2D eigenvalue weighted by atomic mass is 10.2. The zero-order valence-electron chi connectivity index (χ0n) is 13.7. The first-order valence-corrected chi connectivity index (χ1v) is 9.44. The van der Waals surface area contributed by atoms with Crippen LogP contribution in [0.2, 0.25) is 0 Å². The second-order valence-electron chi connectivity index (χ2n) is 5.45. The summed E-state index contributed by atoms with van der Waals surface area (Å²) in [4.78, 5) is 26.5. The van der Waals surface area contributed by atoms with Gasteiger partial charge in [-0.25, -0.2) is 0 Å². The van der Waals surface area contributed by atoms with Crippen LogP contribution in [0, 0.1) is 6.92 Å². The van der Waals surface area contributed by atoms with Crippen molar-refractivity contribution >= 4 is 34.4 Å². The lowest BCUT2D eigenvalue weighted by Crippen LogP contribution is -2.28. The number of carbonyl (C=O) groups is 2. The normalized spacial score (nSPS) is 10.4. The molecule has 0 radical (unpaired) electrons. The number of carbonyl (C=O) groups excluding carboxylic acids is 2. The molecule has 6 heteroatoms. The molecule has 4 nitrogen and oxygen atoms in total. The van der Waals surface area contributed by atoms with Crippen molar-refractivity contribution in [2.45, 2.75) is 13.5 Å². The van der Waals surface area contributed by atoms with Gasteiger partial charge in [0.25, 0.3) is 5.91 Å². The highest BCUT2D eigenvalue weighted by atomic mass is 32.1. The lowest BCUT2D eigenvalue weighted by molar-refractivity contribution is -0.123. The van der Waals surface area contributed by atoms with E-state index in [0.717, 1.165) is 15.3 Å². The van der Waals surface area contributed by atoms with Gasteiger partial charge in [0.2, 0.25) is 5.78 Å². The van der Waals surface area contributed by atoms with Gasteiger partial charge in [-0.05, 0) is 48.2 Å². The molecule has 0 aliphatic carbocycles. The molecule has 2 heterocycles. The maximum absolute atomic E-state index is 12.3. The summed E-state index contributed by atoms with van der Waals surface area (Å²) in [6, 6.07) is 14.9. The number of hydrogen-bond donors (Lipinski definition) is 1. The van der Waals surface area contributed by atoms with Crippen LogP contribution >= 0.6 is 22.7 Å². The molecule has 0 aliphatic rings. The van der Waals surface area contributed by atoms with Gasteiger partial charge in [0.1, 0.15) is 5.75 Å². The van der Waals surface area contributed by atoms with Crippen molar-refractivity contribution in [3.8, 4) is 5.75 Å². The van der Waals surface area contributed by atoms with Crippen LogP contribution in [0.25, 0.3) is 0 Å². The van der Waals surface area contributed by atoms with E-state index < -0.39 is 0 Å². The van der Waals surface area contributed by atoms with Crippen molar-refractivity contribution in [1.82, 2.24) is 5.32 Å². The van der Waals surface area contributed by atoms with Gasteiger partial charge in [0.05, 0.1) is 16.3 Å². The van der Waals surface area contributed by atoms with Crippen LogP contribution in [0.4, 0.5) is 0 Å². The molecular weight excluding hydrogens is 354 g/mol. The average Bonchev–Trinajstić information content (AvgIpc) is 3.29. The van der Waals surface area contributed by atoms with Crippen molar-refractivity contribution in [3.63, 3.8) is 0 Å². The van der Waals surface area contributed by atoms with Crippen molar-refractivity contribution in [3.05, 3.63) is 74.1 Å². The number of thiophene rings is 2. The maximum atomic E-state index is 12.3. The first-order valence-electron chi connectivity index (χ1n) is 7.75. The van der Waals surface area contributed by atoms with E-state index >= 15 is 0 Å². The minimum atomic E-state index is -0.193. The van der Waals surface area contributed by atoms with Gasteiger partial charge < -0.3 is 10.1 Å². The second-order valence-corrected chi connectivity index (χ2v) is 7.57. The molecule has 3 aromatic rings. The Morgan fingerprint density at radius 1 is 1.08 bits per heavy atom. The van der Waals surface area contributed by atoms with Gasteiger partial charge in [-0.2, -0.15) is 0 Å². The monoisotopic (exact) mass is 371 g/mol. The van der Waals surface area contributed by atoms with Gasteiger partial charge in [0, 0.05) is 4.88 Å². The summed E-state index contributed by atoms with van der Waals surface area (Å²) in [5.74, 6) is 0.511. The summed E-state index contributed by atoms with van der Waals surface area (Å²) in [6.07, 6.45) is 0. The lowest BCUT2D eigenvalue weighted by Gasteiger charge is -2.07. The van der Waals surface area contributed by atoms with Crippen LogP contribution in [-0.4, -0.2) is 18.3 Å². The molecule has 0 atom stereocenters. The molecule has 0 fully saturated rings. The number of ketones is 1. The minimum Gasteiger partial charge on any atom is -0.484 e. The van der Waals surface area contributed by atoms with Crippen LogP contribution < -0.4 is 10.1 Å². The molecule has 0 bridgehead atoms. The molecule has 0 unspecified atom stereocenters. The van der Waals surface area contributed by atoms with Crippen LogP contribution in [0.15, 0.2) is 53.9 Å². The maximum Gasteiger partial charge on any atom is 0.258 e. The van der Waals surface area contributed by atoms with Crippen LogP contribution in [0.3, 0.4) is 0 Å². The standard InChI is InChI=1S/C19H17NO3S2/c1-13-4-2-5-14(10-13)23-12-18(21)20-11-15-7-8-17(25-15)19(22)16-6-3-9-24-16/h2-10H,11-12H2,1H3,(H,20,21). The quantitative estimate of drug-likeness (QED) is 0.638. The Kier molecular flexibility index (Phi) is 5.63. The van der Waals surface area contributed by atoms with E-state index in [9.17, 15) is 9.59 Å². The van der Waals surface area contributed by atoms with Crippen molar-refractivity contribution < 1.29 is 14.3 Å². The summed E-state index contributed by atoms with van der Waals surface area (Å²) >= 11 is 2.83. The largest absolute Gasteiger partial charge is 0.484 e. The van der Waals surface area contributed by atoms with E-state index in [2.05, 4.69) is 5.32 Å². The molecular formula is C19H17NO3S2. The summed E-state index contributed by atoms with van der Waals surface area (Å²) < 4.78 is 5.47. The first kappa shape index (κ1) is 17.4.